The highest BCUT2D eigenvalue weighted by Crippen LogP contribution is 2.33. The van der Waals surface area contributed by atoms with Gasteiger partial charge in [0.2, 0.25) is 11.8 Å². The smallest absolute Gasteiger partial charge is 0.251 e. The van der Waals surface area contributed by atoms with Gasteiger partial charge in [0.05, 0.1) is 30.1 Å². The second-order valence-electron chi connectivity index (χ2n) is 11.1. The van der Waals surface area contributed by atoms with E-state index < -0.39 is 0 Å². The Morgan fingerprint density at radius 3 is 2.56 bits per heavy atom. The highest BCUT2D eigenvalue weighted by molar-refractivity contribution is 5.99. The van der Waals surface area contributed by atoms with E-state index >= 15 is 0 Å². The van der Waals surface area contributed by atoms with Gasteiger partial charge in [-0.25, -0.2) is 9.97 Å². The van der Waals surface area contributed by atoms with Crippen molar-refractivity contribution in [1.29, 1.82) is 0 Å². The van der Waals surface area contributed by atoms with Crippen molar-refractivity contribution in [3.63, 3.8) is 0 Å². The maximum atomic E-state index is 13.6. The monoisotopic (exact) mass is 537 g/mol. The van der Waals surface area contributed by atoms with Crippen LogP contribution in [0.1, 0.15) is 69.8 Å². The minimum atomic E-state index is -0.248. The standard InChI is InChI=1S/C30H43N5O4/c1-7-35(23-8-10-38-11-9-23)27-14-22(26-16-32-28(17-31-26)39-18(2)3)13-24(21(27)6)29(36)33-15-25-19(4)12-20(5)34-30(25)37/h13-14,16-20,23,25H,7-12,15H2,1-6H3,(H,33,36)(H,34,37). The molecule has 2 fully saturated rings. The van der Waals surface area contributed by atoms with E-state index in [2.05, 4.69) is 45.4 Å². The Morgan fingerprint density at radius 1 is 1.21 bits per heavy atom. The number of carbonyl (C=O) groups excluding carboxylic acids is 2. The first kappa shape index (κ1) is 28.8. The van der Waals surface area contributed by atoms with Crippen LogP contribution in [0, 0.1) is 18.8 Å². The van der Waals surface area contributed by atoms with E-state index in [0.717, 1.165) is 55.8 Å². The van der Waals surface area contributed by atoms with Gasteiger partial charge in [-0.3, -0.25) is 9.59 Å². The zero-order valence-electron chi connectivity index (χ0n) is 24.1. The summed E-state index contributed by atoms with van der Waals surface area (Å²) in [5.41, 5.74) is 3.97. The summed E-state index contributed by atoms with van der Waals surface area (Å²) >= 11 is 0. The Kier molecular flexibility index (Phi) is 9.43. The first-order chi connectivity index (χ1) is 18.7. The second-order valence-corrected chi connectivity index (χ2v) is 11.1. The van der Waals surface area contributed by atoms with Crippen LogP contribution in [0.15, 0.2) is 24.5 Å². The van der Waals surface area contributed by atoms with Gasteiger partial charge in [-0.2, -0.15) is 0 Å². The fourth-order valence-electron chi connectivity index (χ4n) is 5.75. The quantitative estimate of drug-likeness (QED) is 0.495. The molecule has 0 saturated carbocycles. The average molecular weight is 538 g/mol. The SMILES string of the molecule is CCN(c1cc(-c2cnc(OC(C)C)cn2)cc(C(=O)NCC2C(=O)NC(C)CC2C)c1C)C1CCOCC1. The van der Waals surface area contributed by atoms with Gasteiger partial charge in [0.15, 0.2) is 0 Å². The molecule has 1 aromatic heterocycles. The summed E-state index contributed by atoms with van der Waals surface area (Å²) in [6.07, 6.45) is 6.08. The van der Waals surface area contributed by atoms with Gasteiger partial charge in [0, 0.05) is 55.2 Å². The molecule has 2 N–H and O–H groups in total. The van der Waals surface area contributed by atoms with E-state index in [1.807, 2.05) is 33.8 Å². The van der Waals surface area contributed by atoms with Crippen LogP contribution < -0.4 is 20.3 Å². The molecule has 4 rings (SSSR count). The van der Waals surface area contributed by atoms with Crippen molar-refractivity contribution in [3.05, 3.63) is 35.7 Å². The molecule has 0 spiro atoms. The number of aromatic nitrogens is 2. The van der Waals surface area contributed by atoms with Gasteiger partial charge in [-0.05, 0) is 77.5 Å². The fraction of sp³-hybridized carbons (Fsp3) is 0.600. The van der Waals surface area contributed by atoms with E-state index in [1.54, 1.807) is 12.4 Å². The zero-order chi connectivity index (χ0) is 28.1. The number of piperidine rings is 1. The molecule has 1 aromatic carbocycles. The fourth-order valence-corrected chi connectivity index (χ4v) is 5.75. The van der Waals surface area contributed by atoms with Crippen molar-refractivity contribution in [2.24, 2.45) is 11.8 Å². The first-order valence-corrected chi connectivity index (χ1v) is 14.2. The van der Waals surface area contributed by atoms with E-state index in [0.29, 0.717) is 29.7 Å². The molecule has 2 amide bonds. The maximum absolute atomic E-state index is 13.6. The molecule has 2 aliphatic heterocycles. The summed E-state index contributed by atoms with van der Waals surface area (Å²) in [6.45, 7) is 14.7. The maximum Gasteiger partial charge on any atom is 0.251 e. The molecule has 3 unspecified atom stereocenters. The van der Waals surface area contributed by atoms with Crippen LogP contribution in [0.25, 0.3) is 11.3 Å². The highest BCUT2D eigenvalue weighted by Gasteiger charge is 2.33. The Hall–Kier alpha value is -3.20. The highest BCUT2D eigenvalue weighted by atomic mass is 16.5. The third-order valence-corrected chi connectivity index (χ3v) is 7.81. The molecule has 0 aliphatic carbocycles. The lowest BCUT2D eigenvalue weighted by Gasteiger charge is -2.37. The first-order valence-electron chi connectivity index (χ1n) is 14.2. The van der Waals surface area contributed by atoms with Gasteiger partial charge in [0.1, 0.15) is 0 Å². The van der Waals surface area contributed by atoms with Crippen molar-refractivity contribution < 1.29 is 19.1 Å². The lowest BCUT2D eigenvalue weighted by Crippen LogP contribution is -2.50. The van der Waals surface area contributed by atoms with E-state index in [-0.39, 0.29) is 35.8 Å². The van der Waals surface area contributed by atoms with Gasteiger partial charge >= 0.3 is 0 Å². The van der Waals surface area contributed by atoms with E-state index in [1.165, 1.54) is 0 Å². The molecule has 9 heteroatoms. The number of hydrogen-bond donors (Lipinski definition) is 2. The third-order valence-electron chi connectivity index (χ3n) is 7.81. The molecule has 3 heterocycles. The number of benzene rings is 1. The number of carbonyl (C=O) groups is 2. The van der Waals surface area contributed by atoms with Crippen LogP contribution in [0.5, 0.6) is 5.88 Å². The summed E-state index contributed by atoms with van der Waals surface area (Å²) in [5, 5.41) is 6.08. The molecular formula is C30H43N5O4. The normalized spacial score (nSPS) is 21.9. The van der Waals surface area contributed by atoms with Gasteiger partial charge < -0.3 is 25.0 Å². The van der Waals surface area contributed by atoms with Crippen LogP contribution in [0.2, 0.25) is 0 Å². The minimum absolute atomic E-state index is 0.00110. The van der Waals surface area contributed by atoms with E-state index in [4.69, 9.17) is 9.47 Å². The number of hydrogen-bond acceptors (Lipinski definition) is 7. The topological polar surface area (TPSA) is 106 Å². The van der Waals surface area contributed by atoms with Crippen LogP contribution in [0.3, 0.4) is 0 Å². The van der Waals surface area contributed by atoms with Crippen LogP contribution >= 0.6 is 0 Å². The third kappa shape index (κ3) is 6.87. The molecular weight excluding hydrogens is 494 g/mol. The summed E-state index contributed by atoms with van der Waals surface area (Å²) < 4.78 is 11.3. The largest absolute Gasteiger partial charge is 0.474 e. The average Bonchev–Trinajstić information content (AvgIpc) is 2.90. The van der Waals surface area contributed by atoms with Crippen molar-refractivity contribution in [3.8, 4) is 17.1 Å². The van der Waals surface area contributed by atoms with Gasteiger partial charge in [-0.1, -0.05) is 6.92 Å². The Balaban J connectivity index is 1.67. The number of rotatable bonds is 9. The number of anilines is 1. The summed E-state index contributed by atoms with van der Waals surface area (Å²) in [4.78, 5) is 37.7. The number of ether oxygens (including phenoxy) is 2. The molecule has 2 aliphatic rings. The molecule has 0 bridgehead atoms. The molecule has 3 atom stereocenters. The van der Waals surface area contributed by atoms with Crippen LogP contribution in [0.4, 0.5) is 5.69 Å². The van der Waals surface area contributed by atoms with Crippen molar-refractivity contribution in [1.82, 2.24) is 20.6 Å². The molecule has 0 radical (unpaired) electrons. The molecule has 212 valence electrons. The second kappa shape index (κ2) is 12.8. The molecule has 9 nitrogen and oxygen atoms in total. The van der Waals surface area contributed by atoms with Crippen molar-refractivity contribution in [2.45, 2.75) is 79.0 Å². The Morgan fingerprint density at radius 2 is 1.95 bits per heavy atom. The summed E-state index contributed by atoms with van der Waals surface area (Å²) in [5.74, 6) is 0.226. The van der Waals surface area contributed by atoms with Crippen molar-refractivity contribution >= 4 is 17.5 Å². The molecule has 39 heavy (non-hydrogen) atoms. The Bertz CT molecular complexity index is 1150. The number of nitrogens with zero attached hydrogens (tertiary/aromatic N) is 3. The molecule has 2 saturated heterocycles. The lowest BCUT2D eigenvalue weighted by molar-refractivity contribution is -0.129. The summed E-state index contributed by atoms with van der Waals surface area (Å²) in [6, 6.07) is 4.47. The lowest BCUT2D eigenvalue weighted by atomic mass is 9.84. The number of nitrogens with one attached hydrogen (secondary N) is 2. The number of amides is 2. The summed E-state index contributed by atoms with van der Waals surface area (Å²) in [7, 11) is 0. The predicted octanol–water partition coefficient (Wildman–Crippen LogP) is 4.14. The molecule has 2 aromatic rings. The minimum Gasteiger partial charge on any atom is -0.474 e. The Labute approximate surface area is 232 Å². The van der Waals surface area contributed by atoms with Crippen molar-refractivity contribution in [2.75, 3.05) is 31.2 Å². The zero-order valence-corrected chi connectivity index (χ0v) is 24.1. The van der Waals surface area contributed by atoms with Crippen LogP contribution in [-0.4, -0.2) is 66.3 Å². The van der Waals surface area contributed by atoms with Crippen LogP contribution in [-0.2, 0) is 9.53 Å². The van der Waals surface area contributed by atoms with E-state index in [9.17, 15) is 9.59 Å². The van der Waals surface area contributed by atoms with Gasteiger partial charge in [0.25, 0.3) is 5.91 Å². The van der Waals surface area contributed by atoms with Gasteiger partial charge in [-0.15, -0.1) is 0 Å². The predicted molar refractivity (Wildman–Crippen MR) is 152 cm³/mol.